The van der Waals surface area contributed by atoms with Crippen molar-refractivity contribution in [2.45, 2.75) is 53.6 Å². The van der Waals surface area contributed by atoms with E-state index >= 15 is 0 Å². The van der Waals surface area contributed by atoms with E-state index in [2.05, 4.69) is 51.8 Å². The summed E-state index contributed by atoms with van der Waals surface area (Å²) in [5.74, 6) is 0.770. The highest BCUT2D eigenvalue weighted by atomic mass is 15.2. The number of hydrogen-bond acceptors (Lipinski definition) is 2. The lowest BCUT2D eigenvalue weighted by Gasteiger charge is -2.44. The van der Waals surface area contributed by atoms with Crippen LogP contribution in [0.5, 0.6) is 0 Å². The quantitative estimate of drug-likeness (QED) is 0.756. The van der Waals surface area contributed by atoms with Gasteiger partial charge in [-0.3, -0.25) is 4.90 Å². The molecule has 1 rings (SSSR count). The molecule has 0 radical (unpaired) electrons. The summed E-state index contributed by atoms with van der Waals surface area (Å²) >= 11 is 0. The van der Waals surface area contributed by atoms with Crippen LogP contribution < -0.4 is 5.32 Å². The van der Waals surface area contributed by atoms with E-state index in [1.54, 1.807) is 0 Å². The van der Waals surface area contributed by atoms with Crippen LogP contribution in [-0.4, -0.2) is 36.6 Å². The van der Waals surface area contributed by atoms with Gasteiger partial charge in [-0.05, 0) is 18.3 Å². The molecule has 0 aliphatic carbocycles. The molecule has 0 aromatic carbocycles. The summed E-state index contributed by atoms with van der Waals surface area (Å²) < 4.78 is 0. The molecule has 0 amide bonds. The molecule has 2 unspecified atom stereocenters. The fourth-order valence-electron chi connectivity index (χ4n) is 2.22. The molecule has 0 bridgehead atoms. The number of nitrogens with one attached hydrogen (secondary N) is 1. The van der Waals surface area contributed by atoms with Crippen molar-refractivity contribution in [3.8, 4) is 0 Å². The fraction of sp³-hybridized carbons (Fsp3) is 1.00. The van der Waals surface area contributed by atoms with E-state index in [0.29, 0.717) is 17.5 Å². The standard InChI is InChI=1S/C13H28N2/c1-10(2)8-15-9-12(13(4,5)6)14-7-11(15)3/h10-12,14H,7-9H2,1-6H3. The Bertz CT molecular complexity index is 193. The summed E-state index contributed by atoms with van der Waals surface area (Å²) in [4.78, 5) is 2.64. The van der Waals surface area contributed by atoms with Crippen molar-refractivity contribution in [3.05, 3.63) is 0 Å². The Morgan fingerprint density at radius 1 is 1.33 bits per heavy atom. The van der Waals surface area contributed by atoms with Gasteiger partial charge in [-0.15, -0.1) is 0 Å². The molecule has 1 saturated heterocycles. The zero-order valence-corrected chi connectivity index (χ0v) is 11.3. The topological polar surface area (TPSA) is 15.3 Å². The SMILES string of the molecule is CC(C)CN1CC(C(C)(C)C)NCC1C. The summed E-state index contributed by atoms with van der Waals surface area (Å²) in [7, 11) is 0. The zero-order valence-electron chi connectivity index (χ0n) is 11.3. The third-order valence-corrected chi connectivity index (χ3v) is 3.35. The summed E-state index contributed by atoms with van der Waals surface area (Å²) in [5, 5.41) is 3.67. The molecule has 0 spiro atoms. The van der Waals surface area contributed by atoms with Crippen molar-refractivity contribution < 1.29 is 0 Å². The molecule has 15 heavy (non-hydrogen) atoms. The first-order chi connectivity index (χ1) is 6.80. The van der Waals surface area contributed by atoms with Crippen LogP contribution in [0.15, 0.2) is 0 Å². The van der Waals surface area contributed by atoms with Crippen LogP contribution in [0.4, 0.5) is 0 Å². The van der Waals surface area contributed by atoms with Crippen molar-refractivity contribution in [3.63, 3.8) is 0 Å². The smallest absolute Gasteiger partial charge is 0.0244 e. The van der Waals surface area contributed by atoms with Crippen molar-refractivity contribution in [2.24, 2.45) is 11.3 Å². The highest BCUT2D eigenvalue weighted by Gasteiger charge is 2.32. The highest BCUT2D eigenvalue weighted by Crippen LogP contribution is 2.23. The Morgan fingerprint density at radius 3 is 2.40 bits per heavy atom. The molecule has 0 saturated carbocycles. The Balaban J connectivity index is 2.56. The van der Waals surface area contributed by atoms with E-state index in [1.165, 1.54) is 13.1 Å². The Kier molecular flexibility index (Phi) is 4.19. The second-order valence-corrected chi connectivity index (χ2v) is 6.52. The predicted octanol–water partition coefficient (Wildman–Crippen LogP) is 2.35. The van der Waals surface area contributed by atoms with Crippen molar-refractivity contribution in [1.82, 2.24) is 10.2 Å². The number of piperazine rings is 1. The fourth-order valence-corrected chi connectivity index (χ4v) is 2.22. The molecule has 90 valence electrons. The zero-order chi connectivity index (χ0) is 11.6. The van der Waals surface area contributed by atoms with Crippen LogP contribution in [0.3, 0.4) is 0 Å². The lowest BCUT2D eigenvalue weighted by molar-refractivity contribution is 0.0839. The van der Waals surface area contributed by atoms with Gasteiger partial charge in [0.25, 0.3) is 0 Å². The Morgan fingerprint density at radius 2 is 1.93 bits per heavy atom. The first-order valence-corrected chi connectivity index (χ1v) is 6.28. The third kappa shape index (κ3) is 3.76. The number of rotatable bonds is 2. The van der Waals surface area contributed by atoms with Crippen LogP contribution in [-0.2, 0) is 0 Å². The largest absolute Gasteiger partial charge is 0.311 e. The van der Waals surface area contributed by atoms with E-state index in [4.69, 9.17) is 0 Å². The molecular weight excluding hydrogens is 184 g/mol. The highest BCUT2D eigenvalue weighted by molar-refractivity contribution is 4.90. The maximum atomic E-state index is 3.67. The van der Waals surface area contributed by atoms with Gasteiger partial charge in [0.2, 0.25) is 0 Å². The van der Waals surface area contributed by atoms with Gasteiger partial charge in [-0.25, -0.2) is 0 Å². The average molecular weight is 212 g/mol. The molecule has 1 aliphatic heterocycles. The van der Waals surface area contributed by atoms with Crippen LogP contribution in [0.2, 0.25) is 0 Å². The molecular formula is C13H28N2. The molecule has 1 heterocycles. The Labute approximate surface area is 95.4 Å². The molecule has 1 aliphatic rings. The first kappa shape index (κ1) is 13.0. The van der Waals surface area contributed by atoms with Gasteiger partial charge < -0.3 is 5.32 Å². The third-order valence-electron chi connectivity index (χ3n) is 3.35. The molecule has 2 atom stereocenters. The minimum Gasteiger partial charge on any atom is -0.311 e. The van der Waals surface area contributed by atoms with Crippen LogP contribution in [0.1, 0.15) is 41.5 Å². The number of nitrogens with zero attached hydrogens (tertiary/aromatic N) is 1. The predicted molar refractivity (Wildman–Crippen MR) is 67.1 cm³/mol. The van der Waals surface area contributed by atoms with Gasteiger partial charge >= 0.3 is 0 Å². The maximum Gasteiger partial charge on any atom is 0.0244 e. The molecule has 0 aromatic heterocycles. The summed E-state index contributed by atoms with van der Waals surface area (Å²) in [6.45, 7) is 17.5. The molecule has 1 fully saturated rings. The van der Waals surface area contributed by atoms with Crippen molar-refractivity contribution in [2.75, 3.05) is 19.6 Å². The van der Waals surface area contributed by atoms with Gasteiger partial charge in [0, 0.05) is 31.7 Å². The minimum absolute atomic E-state index is 0.370. The van der Waals surface area contributed by atoms with Gasteiger partial charge in [0.05, 0.1) is 0 Å². The lowest BCUT2D eigenvalue weighted by atomic mass is 9.84. The minimum atomic E-state index is 0.370. The van der Waals surface area contributed by atoms with Gasteiger partial charge in [-0.1, -0.05) is 34.6 Å². The number of hydrogen-bond donors (Lipinski definition) is 1. The van der Waals surface area contributed by atoms with E-state index in [1.807, 2.05) is 0 Å². The molecule has 0 aromatic rings. The molecule has 2 heteroatoms. The lowest BCUT2D eigenvalue weighted by Crippen LogP contribution is -2.59. The van der Waals surface area contributed by atoms with Crippen LogP contribution in [0.25, 0.3) is 0 Å². The summed E-state index contributed by atoms with van der Waals surface area (Å²) in [6.07, 6.45) is 0. The molecule has 2 nitrogen and oxygen atoms in total. The van der Waals surface area contributed by atoms with Crippen LogP contribution in [0, 0.1) is 11.3 Å². The monoisotopic (exact) mass is 212 g/mol. The van der Waals surface area contributed by atoms with E-state index in [0.717, 1.165) is 12.5 Å². The first-order valence-electron chi connectivity index (χ1n) is 6.28. The van der Waals surface area contributed by atoms with E-state index < -0.39 is 0 Å². The maximum absolute atomic E-state index is 3.67. The van der Waals surface area contributed by atoms with Gasteiger partial charge in [0.1, 0.15) is 0 Å². The average Bonchev–Trinajstić information content (AvgIpc) is 2.06. The second kappa shape index (κ2) is 4.84. The molecule has 1 N–H and O–H groups in total. The normalized spacial score (nSPS) is 29.8. The summed E-state index contributed by atoms with van der Waals surface area (Å²) in [5.41, 5.74) is 0.370. The van der Waals surface area contributed by atoms with Crippen molar-refractivity contribution in [1.29, 1.82) is 0 Å². The Hall–Kier alpha value is -0.0800. The van der Waals surface area contributed by atoms with E-state index in [-0.39, 0.29) is 0 Å². The van der Waals surface area contributed by atoms with Crippen LogP contribution >= 0.6 is 0 Å². The van der Waals surface area contributed by atoms with E-state index in [9.17, 15) is 0 Å². The van der Waals surface area contributed by atoms with Gasteiger partial charge in [-0.2, -0.15) is 0 Å². The van der Waals surface area contributed by atoms with Gasteiger partial charge in [0.15, 0.2) is 0 Å². The second-order valence-electron chi connectivity index (χ2n) is 6.52. The summed E-state index contributed by atoms with van der Waals surface area (Å²) in [6, 6.07) is 1.32. The van der Waals surface area contributed by atoms with Crippen molar-refractivity contribution >= 4 is 0 Å².